The monoisotopic (exact) mass is 649 g/mol. The van der Waals surface area contributed by atoms with E-state index in [-0.39, 0.29) is 51.7 Å². The molecule has 2 aromatic heterocycles. The molecule has 1 aliphatic carbocycles. The number of hydrogen-bond donors (Lipinski definition) is 5. The van der Waals surface area contributed by atoms with Crippen LogP contribution in [0.3, 0.4) is 0 Å². The number of fused-ring (bicyclic) bond motifs is 1. The number of carbonyl (C=O) groups is 3. The molecule has 0 unspecified atom stereocenters. The van der Waals surface area contributed by atoms with Crippen LogP contribution in [0.1, 0.15) is 33.8 Å². The lowest BCUT2D eigenvalue weighted by Crippen LogP contribution is -2.49. The molecule has 2 amide bonds. The summed E-state index contributed by atoms with van der Waals surface area (Å²) in [6.45, 7) is 5.31. The molecular formula is C30H37BFN9O6. The van der Waals surface area contributed by atoms with Crippen molar-refractivity contribution in [3.63, 3.8) is 0 Å². The highest BCUT2D eigenvalue weighted by Crippen LogP contribution is 2.39. The fraction of sp³-hybridized carbons (Fsp3) is 0.467. The lowest BCUT2D eigenvalue weighted by molar-refractivity contribution is -0.117. The van der Waals surface area contributed by atoms with Crippen molar-refractivity contribution in [2.45, 2.75) is 18.7 Å². The maximum atomic E-state index is 14.7. The number of nitrogens with zero attached hydrogens (tertiary/aromatic N) is 6. The van der Waals surface area contributed by atoms with Gasteiger partial charge in [-0.1, -0.05) is 0 Å². The number of carbonyl (C=O) groups excluding carboxylic acids is 3. The first-order chi connectivity index (χ1) is 22.2. The van der Waals surface area contributed by atoms with Crippen molar-refractivity contribution in [3.8, 4) is 17.0 Å². The van der Waals surface area contributed by atoms with Gasteiger partial charge in [0.05, 0.1) is 24.2 Å². The zero-order valence-electron chi connectivity index (χ0n) is 26.5. The molecule has 2 radical (unpaired) electrons. The Morgan fingerprint density at radius 1 is 1.02 bits per heavy atom. The van der Waals surface area contributed by atoms with E-state index in [1.54, 1.807) is 12.4 Å². The van der Waals surface area contributed by atoms with Gasteiger partial charge in [-0.15, -0.1) is 10.2 Å². The highest BCUT2D eigenvalue weighted by molar-refractivity contribution is 6.15. The summed E-state index contributed by atoms with van der Waals surface area (Å²) < 4.78 is 21.5. The zero-order valence-corrected chi connectivity index (χ0v) is 26.5. The Kier molecular flexibility index (Phi) is 9.90. The number of aromatic nitrogens is 4. The number of rotatable bonds is 9. The molecule has 2 aliphatic heterocycles. The standard InChI is InChI=1S/C22H21BFN7O6.C8H16N2/c1-31-12(9-32)7-14(30-31)13-5-11(24)6-16(19(13)37-2)25-15-8-17(26-20(33)10-3-4-10)28-29-18(15)21(34)27-22(23,35)36;1-9-3-7-5-10(2)6-8(7)4-9/h5-10,35-36H,3-4H2,1-2H3,(H,27,34)(H2,25,26,28,33);7-8H,3-6H2,1-2H3. The van der Waals surface area contributed by atoms with Gasteiger partial charge in [0.2, 0.25) is 5.91 Å². The normalized spacial score (nSPS) is 19.4. The molecule has 0 atom stereocenters. The fourth-order valence-electron chi connectivity index (χ4n) is 5.94. The molecule has 6 rings (SSSR count). The number of ether oxygens (including phenoxy) is 1. The molecular weight excluding hydrogens is 612 g/mol. The Morgan fingerprint density at radius 2 is 1.66 bits per heavy atom. The van der Waals surface area contributed by atoms with Crippen LogP contribution in [0.2, 0.25) is 0 Å². The van der Waals surface area contributed by atoms with Crippen LogP contribution in [0, 0.1) is 23.6 Å². The number of nitrogens with one attached hydrogen (secondary N) is 3. The van der Waals surface area contributed by atoms with Crippen molar-refractivity contribution in [3.05, 3.63) is 41.5 Å². The molecule has 5 N–H and O–H groups in total. The van der Waals surface area contributed by atoms with Crippen molar-refractivity contribution >= 4 is 43.1 Å². The molecule has 0 spiro atoms. The number of aryl methyl sites for hydroxylation is 1. The van der Waals surface area contributed by atoms with Crippen molar-refractivity contribution in [2.24, 2.45) is 24.8 Å². The third kappa shape index (κ3) is 8.29. The summed E-state index contributed by atoms with van der Waals surface area (Å²) in [5.74, 6) is -3.30. The number of hydrogen-bond acceptors (Lipinski definition) is 12. The summed E-state index contributed by atoms with van der Waals surface area (Å²) in [6, 6.07) is 4.92. The van der Waals surface area contributed by atoms with E-state index in [1.807, 2.05) is 0 Å². The van der Waals surface area contributed by atoms with Crippen molar-refractivity contribution < 1.29 is 33.7 Å². The second-order valence-electron chi connectivity index (χ2n) is 12.3. The van der Waals surface area contributed by atoms with Gasteiger partial charge < -0.3 is 40.7 Å². The summed E-state index contributed by atoms with van der Waals surface area (Å²) >= 11 is 0. The maximum absolute atomic E-state index is 14.7. The van der Waals surface area contributed by atoms with Crippen molar-refractivity contribution in [1.29, 1.82) is 0 Å². The van der Waals surface area contributed by atoms with Crippen LogP contribution in [0.25, 0.3) is 11.3 Å². The van der Waals surface area contributed by atoms with Crippen LogP contribution in [-0.2, 0) is 11.8 Å². The Bertz CT molecular complexity index is 1630. The molecule has 4 heterocycles. The van der Waals surface area contributed by atoms with Gasteiger partial charge in [0.15, 0.2) is 37.2 Å². The number of benzene rings is 1. The molecule has 17 heteroatoms. The number of halogens is 1. The predicted molar refractivity (Wildman–Crippen MR) is 170 cm³/mol. The van der Waals surface area contributed by atoms with Gasteiger partial charge in [0.25, 0.3) is 5.91 Å². The summed E-state index contributed by atoms with van der Waals surface area (Å²) in [5, 5.41) is 37.6. The highest BCUT2D eigenvalue weighted by atomic mass is 19.1. The topological polar surface area (TPSA) is 187 Å². The second kappa shape index (κ2) is 13.7. The summed E-state index contributed by atoms with van der Waals surface area (Å²) in [5.41, 5.74) is 0.117. The van der Waals surface area contributed by atoms with Gasteiger partial charge in [-0.2, -0.15) is 5.10 Å². The number of methoxy groups -OCH3 is 1. The molecule has 2 saturated heterocycles. The SMILES string of the molecule is CN1CC2CN(C)CC2C1.[B]C(O)(O)NC(=O)c1nnc(NC(=O)C2CC2)cc1Nc1cc(F)cc(-c2cc(C=O)n(C)n2)c1OC. The largest absolute Gasteiger partial charge is 0.494 e. The van der Waals surface area contributed by atoms with Gasteiger partial charge in [0, 0.05) is 56.8 Å². The number of amides is 2. The molecule has 15 nitrogen and oxygen atoms in total. The molecule has 0 bridgehead atoms. The fourth-order valence-corrected chi connectivity index (χ4v) is 5.94. The first kappa shape index (κ1) is 33.9. The van der Waals surface area contributed by atoms with Crippen LogP contribution < -0.4 is 20.7 Å². The minimum absolute atomic E-state index is 0.0149. The summed E-state index contributed by atoms with van der Waals surface area (Å²) in [4.78, 5) is 41.0. The maximum Gasteiger partial charge on any atom is 0.277 e. The minimum Gasteiger partial charge on any atom is -0.494 e. The number of anilines is 3. The molecule has 1 aromatic carbocycles. The molecule has 47 heavy (non-hydrogen) atoms. The number of likely N-dealkylation sites (tertiary alicyclic amines) is 2. The third-order valence-electron chi connectivity index (χ3n) is 8.20. The van der Waals surface area contributed by atoms with E-state index in [0.717, 1.165) is 36.8 Å². The Morgan fingerprint density at radius 3 is 2.19 bits per heavy atom. The summed E-state index contributed by atoms with van der Waals surface area (Å²) in [6.07, 6.45) is 2.06. The van der Waals surface area contributed by atoms with E-state index in [0.29, 0.717) is 6.29 Å². The number of aliphatic hydroxyl groups is 2. The number of aldehydes is 1. The van der Waals surface area contributed by atoms with E-state index >= 15 is 0 Å². The smallest absolute Gasteiger partial charge is 0.277 e. The Labute approximate surface area is 271 Å². The molecule has 248 valence electrons. The van der Waals surface area contributed by atoms with Gasteiger partial charge in [-0.3, -0.25) is 19.1 Å². The zero-order chi connectivity index (χ0) is 34.0. The average molecular weight is 649 g/mol. The van der Waals surface area contributed by atoms with Gasteiger partial charge in [0.1, 0.15) is 11.5 Å². The Balaban J connectivity index is 0.000000365. The lowest BCUT2D eigenvalue weighted by Gasteiger charge is -2.20. The van der Waals surface area contributed by atoms with Crippen molar-refractivity contribution in [1.82, 2.24) is 35.1 Å². The lowest BCUT2D eigenvalue weighted by atomic mass is 10.0. The quantitative estimate of drug-likeness (QED) is 0.123. The van der Waals surface area contributed by atoms with Crippen molar-refractivity contribution in [2.75, 3.05) is 58.0 Å². The average Bonchev–Trinajstić information content (AvgIpc) is 3.58. The minimum atomic E-state index is -3.06. The van der Waals surface area contributed by atoms with E-state index in [1.165, 1.54) is 50.1 Å². The van der Waals surface area contributed by atoms with Crippen LogP contribution in [-0.4, -0.2) is 119 Å². The van der Waals surface area contributed by atoms with Gasteiger partial charge >= 0.3 is 0 Å². The van der Waals surface area contributed by atoms with E-state index in [2.05, 4.69) is 49.8 Å². The first-order valence-corrected chi connectivity index (χ1v) is 15.0. The first-order valence-electron chi connectivity index (χ1n) is 15.0. The van der Waals surface area contributed by atoms with Crippen LogP contribution >= 0.6 is 0 Å². The molecule has 3 fully saturated rings. The van der Waals surface area contributed by atoms with E-state index in [4.69, 9.17) is 12.6 Å². The van der Waals surface area contributed by atoms with Gasteiger partial charge in [-0.25, -0.2) is 4.39 Å². The molecule has 3 aliphatic rings. The van der Waals surface area contributed by atoms with Crippen LogP contribution in [0.4, 0.5) is 21.6 Å². The highest BCUT2D eigenvalue weighted by Gasteiger charge is 2.37. The summed E-state index contributed by atoms with van der Waals surface area (Å²) in [7, 11) is 12.4. The van der Waals surface area contributed by atoms with Crippen LogP contribution in [0.5, 0.6) is 5.75 Å². The van der Waals surface area contributed by atoms with E-state index in [9.17, 15) is 29.0 Å². The third-order valence-corrected chi connectivity index (χ3v) is 8.20. The van der Waals surface area contributed by atoms with Crippen LogP contribution in [0.15, 0.2) is 24.3 Å². The molecule has 1 saturated carbocycles. The molecule has 3 aromatic rings. The second-order valence-corrected chi connectivity index (χ2v) is 12.3. The Hall–Kier alpha value is -4.45. The van der Waals surface area contributed by atoms with E-state index < -0.39 is 23.2 Å². The predicted octanol–water partition coefficient (Wildman–Crippen LogP) is 0.533. The van der Waals surface area contributed by atoms with Gasteiger partial charge in [-0.05, 0) is 50.9 Å².